The summed E-state index contributed by atoms with van der Waals surface area (Å²) in [7, 11) is 0. The molecule has 0 bridgehead atoms. The van der Waals surface area contributed by atoms with Crippen LogP contribution in [0, 0.1) is 0 Å². The highest BCUT2D eigenvalue weighted by molar-refractivity contribution is 8.15. The number of halogens is 9. The maximum atomic E-state index is 13.2. The lowest BCUT2D eigenvalue weighted by atomic mass is 10.1. The molecule has 270 valence electrons. The summed E-state index contributed by atoms with van der Waals surface area (Å²) in [6, 6.07) is 13.3. The van der Waals surface area contributed by atoms with Crippen molar-refractivity contribution >= 4 is 46.2 Å². The third kappa shape index (κ3) is 9.24. The fraction of sp³-hybridized carbons (Fsp3) is 0.233. The van der Waals surface area contributed by atoms with Gasteiger partial charge in [-0.25, -0.2) is 19.9 Å². The first-order valence-corrected chi connectivity index (χ1v) is 15.6. The fourth-order valence-corrected chi connectivity index (χ4v) is 5.33. The van der Waals surface area contributed by atoms with Crippen molar-refractivity contribution in [1.82, 2.24) is 25.6 Å². The number of ether oxygens (including phenoxy) is 2. The Morgan fingerprint density at radius 3 is 2.35 bits per heavy atom. The van der Waals surface area contributed by atoms with Gasteiger partial charge in [0.15, 0.2) is 17.6 Å². The minimum atomic E-state index is -5.88. The van der Waals surface area contributed by atoms with E-state index >= 15 is 0 Å². The predicted octanol–water partition coefficient (Wildman–Crippen LogP) is 7.47. The van der Waals surface area contributed by atoms with Crippen LogP contribution in [0.25, 0.3) is 17.1 Å². The van der Waals surface area contributed by atoms with Gasteiger partial charge >= 0.3 is 24.5 Å². The monoisotopic (exact) mass is 763 g/mol. The number of benzene rings is 3. The average molecular weight is 764 g/mol. The Balaban J connectivity index is 1.20. The van der Waals surface area contributed by atoms with E-state index in [-0.39, 0.29) is 33.2 Å². The number of anilines is 1. The zero-order chi connectivity index (χ0) is 37.1. The lowest BCUT2D eigenvalue weighted by Crippen LogP contribution is -2.41. The van der Waals surface area contributed by atoms with Crippen LogP contribution in [0.5, 0.6) is 11.5 Å². The second kappa shape index (κ2) is 14.7. The van der Waals surface area contributed by atoms with Gasteiger partial charge in [0, 0.05) is 16.6 Å². The first-order valence-electron chi connectivity index (χ1n) is 14.3. The number of carbonyl (C=O) groups excluding carboxylic acids is 2. The molecule has 51 heavy (non-hydrogen) atoms. The molecule has 21 heteroatoms. The van der Waals surface area contributed by atoms with Gasteiger partial charge in [0.05, 0.1) is 17.1 Å². The predicted molar refractivity (Wildman–Crippen MR) is 169 cm³/mol. The molecule has 2 heterocycles. The second-order valence-corrected chi connectivity index (χ2v) is 11.8. The van der Waals surface area contributed by atoms with Gasteiger partial charge in [-0.05, 0) is 55.0 Å². The van der Waals surface area contributed by atoms with E-state index in [1.807, 2.05) is 0 Å². The third-order valence-corrected chi connectivity index (χ3v) is 7.91. The van der Waals surface area contributed by atoms with Gasteiger partial charge in [-0.1, -0.05) is 47.6 Å². The molecule has 1 fully saturated rings. The highest BCUT2D eigenvalue weighted by Crippen LogP contribution is 2.38. The minimum absolute atomic E-state index is 0.103. The van der Waals surface area contributed by atoms with E-state index in [0.717, 1.165) is 28.8 Å². The Hall–Kier alpha value is -4.95. The van der Waals surface area contributed by atoms with Crippen molar-refractivity contribution < 1.29 is 54.2 Å². The molecule has 3 aromatic carbocycles. The van der Waals surface area contributed by atoms with Crippen molar-refractivity contribution in [2.45, 2.75) is 31.4 Å². The molecule has 2 N–H and O–H groups in total. The summed E-state index contributed by atoms with van der Waals surface area (Å²) in [4.78, 5) is 34.4. The molecule has 1 aromatic heterocycles. The molecule has 1 aliphatic heterocycles. The molecule has 1 unspecified atom stereocenters. The number of nitrogens with one attached hydrogen (secondary N) is 2. The van der Waals surface area contributed by atoms with Crippen LogP contribution < -0.4 is 25.2 Å². The zero-order valence-corrected chi connectivity index (χ0v) is 27.2. The van der Waals surface area contributed by atoms with E-state index in [4.69, 9.17) is 16.3 Å². The number of urea groups is 1. The van der Waals surface area contributed by atoms with E-state index in [1.165, 1.54) is 41.3 Å². The Morgan fingerprint density at radius 2 is 1.71 bits per heavy atom. The number of aromatic nitrogens is 3. The number of amidine groups is 1. The first-order chi connectivity index (χ1) is 23.9. The number of alkyl halides is 8. The van der Waals surface area contributed by atoms with Crippen molar-refractivity contribution in [2.75, 3.05) is 17.3 Å². The Bertz CT molecular complexity index is 1920. The third-order valence-electron chi connectivity index (χ3n) is 6.75. The van der Waals surface area contributed by atoms with Crippen LogP contribution in [0.4, 0.5) is 45.6 Å². The topological polar surface area (TPSA) is 123 Å². The van der Waals surface area contributed by atoms with Crippen molar-refractivity contribution in [3.63, 3.8) is 0 Å². The van der Waals surface area contributed by atoms with E-state index < -0.39 is 48.8 Å². The number of hydrazine groups is 1. The van der Waals surface area contributed by atoms with Gasteiger partial charge in [0.2, 0.25) is 5.91 Å². The van der Waals surface area contributed by atoms with Gasteiger partial charge in [0.25, 0.3) is 0 Å². The summed E-state index contributed by atoms with van der Waals surface area (Å²) in [5.41, 5.74) is 6.59. The van der Waals surface area contributed by atoms with E-state index in [0.29, 0.717) is 16.8 Å². The summed E-state index contributed by atoms with van der Waals surface area (Å²) in [6.45, 7) is 0.0907. The van der Waals surface area contributed by atoms with Crippen LogP contribution in [-0.4, -0.2) is 62.7 Å². The Kier molecular flexibility index (Phi) is 10.8. The van der Waals surface area contributed by atoms with Crippen LogP contribution in [0.3, 0.4) is 0 Å². The number of rotatable bonds is 10. The molecular formula is C30H22ClF8N7O4S. The summed E-state index contributed by atoms with van der Waals surface area (Å²) < 4.78 is 112. The Labute approximate surface area is 291 Å². The molecule has 5 rings (SSSR count). The molecule has 0 aliphatic carbocycles. The number of nitrogens with zero attached hydrogens (tertiary/aromatic N) is 5. The highest BCUT2D eigenvalue weighted by atomic mass is 35.5. The summed E-state index contributed by atoms with van der Waals surface area (Å²) in [5, 5.41) is 4.28. The van der Waals surface area contributed by atoms with Crippen LogP contribution in [0.2, 0.25) is 5.02 Å². The SMILES string of the molecule is CC(NNC(=O)/N=C1\SCC(=O)N1c1cc(Cl)ccc1OCC(F)(F)F)c1ccc(-c2ncn(-c3ccc(OC(F)(F)C(F)(F)F)cc3)n2)cc1. The largest absolute Gasteiger partial charge is 0.499 e. The number of amides is 3. The zero-order valence-electron chi connectivity index (χ0n) is 25.6. The smallest absolute Gasteiger partial charge is 0.482 e. The van der Waals surface area contributed by atoms with E-state index in [1.54, 1.807) is 31.2 Å². The Morgan fingerprint density at radius 1 is 1.02 bits per heavy atom. The fourth-order valence-electron chi connectivity index (χ4n) is 4.31. The number of aliphatic imine (C=N–C) groups is 1. The van der Waals surface area contributed by atoms with Crippen LogP contribution in [0.1, 0.15) is 18.5 Å². The van der Waals surface area contributed by atoms with E-state index in [2.05, 4.69) is 30.7 Å². The van der Waals surface area contributed by atoms with Crippen LogP contribution in [0.15, 0.2) is 78.0 Å². The average Bonchev–Trinajstić information content (AvgIpc) is 3.69. The number of carbonyl (C=O) groups is 2. The number of hydrogen-bond donors (Lipinski definition) is 2. The van der Waals surface area contributed by atoms with Crippen molar-refractivity contribution in [3.05, 3.63) is 83.6 Å². The normalized spacial score (nSPS) is 15.3. The first kappa shape index (κ1) is 37.3. The summed E-state index contributed by atoms with van der Waals surface area (Å²) in [5.74, 6) is -1.45. The molecule has 0 saturated carbocycles. The quantitative estimate of drug-likeness (QED) is 0.126. The molecule has 0 radical (unpaired) electrons. The maximum Gasteiger partial charge on any atom is 0.499 e. The molecule has 4 aromatic rings. The van der Waals surface area contributed by atoms with Gasteiger partial charge in [-0.3, -0.25) is 15.1 Å². The number of hydrogen-bond acceptors (Lipinski definition) is 8. The van der Waals surface area contributed by atoms with Gasteiger partial charge in [0.1, 0.15) is 17.8 Å². The van der Waals surface area contributed by atoms with Crippen LogP contribution in [-0.2, 0) is 4.79 Å². The van der Waals surface area contributed by atoms with Gasteiger partial charge < -0.3 is 9.47 Å². The lowest BCUT2D eigenvalue weighted by Gasteiger charge is -2.21. The minimum Gasteiger partial charge on any atom is -0.482 e. The molecule has 1 saturated heterocycles. The molecule has 1 aliphatic rings. The lowest BCUT2D eigenvalue weighted by molar-refractivity contribution is -0.360. The standard InChI is InChI=1S/C30H22ClF8N7O4S/c1-16(42-43-26(48)41-27-46(24(47)13-51-27)22-12-19(31)6-11-23(22)49-14-28(32,33)34)17-2-4-18(5-3-17)25-40-15-45(44-25)20-7-9-21(10-8-20)50-30(38,39)29(35,36)37/h2-12,15-16,42H,13-14H2,1H3,(H,43,48)/b41-27-. The van der Waals surface area contributed by atoms with Gasteiger partial charge in [-0.15, -0.1) is 5.10 Å². The van der Waals surface area contributed by atoms with E-state index in [9.17, 15) is 44.7 Å². The van der Waals surface area contributed by atoms with Crippen molar-refractivity contribution in [3.8, 4) is 28.6 Å². The molecule has 1 atom stereocenters. The maximum absolute atomic E-state index is 13.2. The number of thioether (sulfide) groups is 1. The molecule has 11 nitrogen and oxygen atoms in total. The summed E-state index contributed by atoms with van der Waals surface area (Å²) in [6.07, 6.45) is -14.6. The van der Waals surface area contributed by atoms with Crippen LogP contribution >= 0.6 is 23.4 Å². The molecule has 3 amide bonds. The van der Waals surface area contributed by atoms with Gasteiger partial charge in [-0.2, -0.15) is 40.1 Å². The van der Waals surface area contributed by atoms with Crippen molar-refractivity contribution in [1.29, 1.82) is 0 Å². The second-order valence-electron chi connectivity index (χ2n) is 10.5. The molecule has 0 spiro atoms. The highest BCUT2D eigenvalue weighted by Gasteiger charge is 2.61. The van der Waals surface area contributed by atoms with Crippen molar-refractivity contribution in [2.24, 2.45) is 4.99 Å². The summed E-state index contributed by atoms with van der Waals surface area (Å²) >= 11 is 6.91. The molecular weight excluding hydrogens is 742 g/mol.